The van der Waals surface area contributed by atoms with Gasteiger partial charge in [-0.25, -0.2) is 4.98 Å². The monoisotopic (exact) mass is 294 g/mol. The van der Waals surface area contributed by atoms with Crippen LogP contribution in [0.5, 0.6) is 0 Å². The van der Waals surface area contributed by atoms with Gasteiger partial charge in [0.2, 0.25) is 5.91 Å². The highest BCUT2D eigenvalue weighted by Gasteiger charge is 2.09. The molecule has 0 unspecified atom stereocenters. The van der Waals surface area contributed by atoms with Gasteiger partial charge in [-0.3, -0.25) is 19.9 Å². The van der Waals surface area contributed by atoms with Crippen LogP contribution in [0.3, 0.4) is 0 Å². The number of amides is 1. The molecule has 0 bridgehead atoms. The molecular weight excluding hydrogens is 280 g/mol. The number of carbonyl (C=O) groups is 1. The van der Waals surface area contributed by atoms with Gasteiger partial charge in [0, 0.05) is 36.9 Å². The lowest BCUT2D eigenvalue weighted by atomic mass is 10.2. The van der Waals surface area contributed by atoms with Crippen LogP contribution in [0, 0.1) is 0 Å². The van der Waals surface area contributed by atoms with E-state index in [1.54, 1.807) is 24.8 Å². The van der Waals surface area contributed by atoms with Crippen LogP contribution in [0.1, 0.15) is 11.4 Å². The highest BCUT2D eigenvalue weighted by atomic mass is 16.1. The van der Waals surface area contributed by atoms with E-state index in [9.17, 15) is 4.79 Å². The first-order valence-electron chi connectivity index (χ1n) is 6.78. The second-order valence-electron chi connectivity index (χ2n) is 4.66. The first-order chi connectivity index (χ1) is 10.8. The second-order valence-corrected chi connectivity index (χ2v) is 4.66. The van der Waals surface area contributed by atoms with Gasteiger partial charge >= 0.3 is 0 Å². The molecule has 1 amide bonds. The van der Waals surface area contributed by atoms with Crippen molar-refractivity contribution in [1.82, 2.24) is 30.5 Å². The first-order valence-corrected chi connectivity index (χ1v) is 6.78. The lowest BCUT2D eigenvalue weighted by Gasteiger charge is -2.03. The molecule has 0 saturated carbocycles. The summed E-state index contributed by atoms with van der Waals surface area (Å²) in [7, 11) is 0. The molecule has 3 aromatic heterocycles. The Bertz CT molecular complexity index is 741. The Kier molecular flexibility index (Phi) is 4.15. The van der Waals surface area contributed by atoms with Gasteiger partial charge in [-0.05, 0) is 23.8 Å². The molecule has 0 aromatic carbocycles. The molecule has 7 nitrogen and oxygen atoms in total. The number of rotatable bonds is 5. The summed E-state index contributed by atoms with van der Waals surface area (Å²) < 4.78 is 0. The fourth-order valence-corrected chi connectivity index (χ4v) is 1.92. The largest absolute Gasteiger partial charge is 0.352 e. The number of nitrogens with zero attached hydrogens (tertiary/aromatic N) is 4. The van der Waals surface area contributed by atoms with E-state index in [-0.39, 0.29) is 12.3 Å². The van der Waals surface area contributed by atoms with Gasteiger partial charge in [0.1, 0.15) is 5.82 Å². The average molecular weight is 294 g/mol. The summed E-state index contributed by atoms with van der Waals surface area (Å²) in [4.78, 5) is 24.2. The fraction of sp³-hybridized carbons (Fsp3) is 0.133. The van der Waals surface area contributed by atoms with Crippen molar-refractivity contribution in [2.24, 2.45) is 0 Å². The zero-order valence-electron chi connectivity index (χ0n) is 11.7. The van der Waals surface area contributed by atoms with Crippen molar-refractivity contribution >= 4 is 5.91 Å². The van der Waals surface area contributed by atoms with E-state index >= 15 is 0 Å². The van der Waals surface area contributed by atoms with E-state index in [4.69, 9.17) is 0 Å². The van der Waals surface area contributed by atoms with Crippen molar-refractivity contribution in [2.45, 2.75) is 13.0 Å². The Morgan fingerprint density at radius 3 is 2.77 bits per heavy atom. The van der Waals surface area contributed by atoms with Crippen LogP contribution in [0.2, 0.25) is 0 Å². The highest BCUT2D eigenvalue weighted by molar-refractivity contribution is 5.77. The number of aromatic amines is 1. The van der Waals surface area contributed by atoms with Crippen molar-refractivity contribution in [1.29, 1.82) is 0 Å². The summed E-state index contributed by atoms with van der Waals surface area (Å²) in [6.45, 7) is 0.442. The molecule has 3 rings (SSSR count). The van der Waals surface area contributed by atoms with Gasteiger partial charge in [-0.1, -0.05) is 6.07 Å². The van der Waals surface area contributed by atoms with Gasteiger partial charge in [-0.15, -0.1) is 0 Å². The SMILES string of the molecule is O=C(Cc1nc(-c2ccncc2)n[nH]1)NCc1cccnc1. The van der Waals surface area contributed by atoms with Crippen molar-refractivity contribution in [2.75, 3.05) is 0 Å². The zero-order chi connectivity index (χ0) is 15.2. The molecule has 0 saturated heterocycles. The number of carbonyl (C=O) groups excluding carboxylic acids is 1. The summed E-state index contributed by atoms with van der Waals surface area (Å²) >= 11 is 0. The van der Waals surface area contributed by atoms with E-state index in [1.807, 2.05) is 24.3 Å². The predicted octanol–water partition coefficient (Wildman–Crippen LogP) is 1.12. The lowest BCUT2D eigenvalue weighted by Crippen LogP contribution is -2.25. The maximum Gasteiger partial charge on any atom is 0.227 e. The summed E-state index contributed by atoms with van der Waals surface area (Å²) in [5.74, 6) is 0.953. The quantitative estimate of drug-likeness (QED) is 0.735. The smallest absolute Gasteiger partial charge is 0.227 e. The number of pyridine rings is 2. The molecule has 0 atom stereocenters. The van der Waals surface area contributed by atoms with Crippen LogP contribution in [-0.2, 0) is 17.8 Å². The summed E-state index contributed by atoms with van der Waals surface area (Å²) in [5, 5.41) is 9.70. The lowest BCUT2D eigenvalue weighted by molar-refractivity contribution is -0.120. The fourth-order valence-electron chi connectivity index (χ4n) is 1.92. The summed E-state index contributed by atoms with van der Waals surface area (Å²) in [6, 6.07) is 7.37. The van der Waals surface area contributed by atoms with Crippen molar-refractivity contribution in [3.8, 4) is 11.4 Å². The maximum atomic E-state index is 11.9. The average Bonchev–Trinajstić information content (AvgIpc) is 3.03. The molecule has 0 spiro atoms. The van der Waals surface area contributed by atoms with Gasteiger partial charge in [-0.2, -0.15) is 5.10 Å². The molecule has 0 aliphatic heterocycles. The molecule has 3 heterocycles. The third kappa shape index (κ3) is 3.51. The molecule has 7 heteroatoms. The van der Waals surface area contributed by atoms with Crippen molar-refractivity contribution in [3.05, 3.63) is 60.4 Å². The summed E-state index contributed by atoms with van der Waals surface area (Å²) in [6.07, 6.45) is 6.91. The first kappa shape index (κ1) is 13.9. The number of aromatic nitrogens is 5. The number of hydrogen-bond donors (Lipinski definition) is 2. The minimum atomic E-state index is -0.124. The van der Waals surface area contributed by atoms with Crippen LogP contribution < -0.4 is 5.32 Å². The Hall–Kier alpha value is -3.09. The van der Waals surface area contributed by atoms with Crippen molar-refractivity contribution < 1.29 is 4.79 Å². The van der Waals surface area contributed by atoms with Gasteiger partial charge in [0.25, 0.3) is 0 Å². The Balaban J connectivity index is 1.57. The zero-order valence-corrected chi connectivity index (χ0v) is 11.7. The molecule has 0 aliphatic rings. The van der Waals surface area contributed by atoms with E-state index < -0.39 is 0 Å². The van der Waals surface area contributed by atoms with Gasteiger partial charge < -0.3 is 5.32 Å². The molecule has 110 valence electrons. The molecule has 0 radical (unpaired) electrons. The van der Waals surface area contributed by atoms with E-state index in [1.165, 1.54) is 0 Å². The second kappa shape index (κ2) is 6.57. The normalized spacial score (nSPS) is 10.4. The van der Waals surface area contributed by atoms with Crippen LogP contribution in [0.25, 0.3) is 11.4 Å². The Labute approximate surface area is 126 Å². The third-order valence-electron chi connectivity index (χ3n) is 3.01. The molecule has 2 N–H and O–H groups in total. The summed E-state index contributed by atoms with van der Waals surface area (Å²) in [5.41, 5.74) is 1.80. The minimum absolute atomic E-state index is 0.124. The molecule has 22 heavy (non-hydrogen) atoms. The number of H-pyrrole nitrogens is 1. The highest BCUT2D eigenvalue weighted by Crippen LogP contribution is 2.12. The van der Waals surface area contributed by atoms with E-state index in [0.29, 0.717) is 18.2 Å². The van der Waals surface area contributed by atoms with E-state index in [0.717, 1.165) is 11.1 Å². The van der Waals surface area contributed by atoms with Crippen LogP contribution >= 0.6 is 0 Å². The number of nitrogens with one attached hydrogen (secondary N) is 2. The third-order valence-corrected chi connectivity index (χ3v) is 3.01. The molecule has 0 aliphatic carbocycles. The Morgan fingerprint density at radius 2 is 2.00 bits per heavy atom. The Morgan fingerprint density at radius 1 is 1.14 bits per heavy atom. The van der Waals surface area contributed by atoms with Crippen LogP contribution in [-0.4, -0.2) is 31.1 Å². The van der Waals surface area contributed by atoms with Gasteiger partial charge in [0.05, 0.1) is 6.42 Å². The molecule has 0 fully saturated rings. The van der Waals surface area contributed by atoms with Gasteiger partial charge in [0.15, 0.2) is 5.82 Å². The minimum Gasteiger partial charge on any atom is -0.352 e. The van der Waals surface area contributed by atoms with Crippen molar-refractivity contribution in [3.63, 3.8) is 0 Å². The standard InChI is InChI=1S/C15H14N6O/c22-14(18-10-11-2-1-5-17-9-11)8-13-19-15(21-20-13)12-3-6-16-7-4-12/h1-7,9H,8,10H2,(H,18,22)(H,19,20,21). The van der Waals surface area contributed by atoms with Crippen LogP contribution in [0.4, 0.5) is 0 Å². The molecule has 3 aromatic rings. The predicted molar refractivity (Wildman–Crippen MR) is 79.4 cm³/mol. The van der Waals surface area contributed by atoms with E-state index in [2.05, 4.69) is 30.5 Å². The number of hydrogen-bond acceptors (Lipinski definition) is 5. The maximum absolute atomic E-state index is 11.9. The topological polar surface area (TPSA) is 96.5 Å². The van der Waals surface area contributed by atoms with Crippen LogP contribution in [0.15, 0.2) is 49.1 Å². The molecular formula is C15H14N6O.